The highest BCUT2D eigenvalue weighted by Crippen LogP contribution is 2.43. The summed E-state index contributed by atoms with van der Waals surface area (Å²) < 4.78 is 0. The van der Waals surface area contributed by atoms with Gasteiger partial charge in [0.05, 0.1) is 17.1 Å². The molecule has 0 spiro atoms. The second-order valence-electron chi connectivity index (χ2n) is 10.0. The highest BCUT2D eigenvalue weighted by Gasteiger charge is 2.40. The summed E-state index contributed by atoms with van der Waals surface area (Å²) in [6.07, 6.45) is 8.32. The average molecular weight is 512 g/mol. The van der Waals surface area contributed by atoms with E-state index in [0.717, 1.165) is 29.0 Å². The average Bonchev–Trinajstić information content (AvgIpc) is 2.92. The van der Waals surface area contributed by atoms with E-state index >= 15 is 0 Å². The molecule has 190 valence electrons. The minimum absolute atomic E-state index is 0.117. The fraction of sp³-hybridized carbons (Fsp3) is 0.323. The number of fused-ring (bicyclic) bond motifs is 1. The van der Waals surface area contributed by atoms with Crippen LogP contribution in [0.1, 0.15) is 64.0 Å². The Balaban J connectivity index is 1.32. The number of nitrogens with one attached hydrogen (secondary N) is 1. The Hall–Kier alpha value is -3.38. The first-order valence-electron chi connectivity index (χ1n) is 13.0. The number of thioether (sulfide) groups is 1. The van der Waals surface area contributed by atoms with Gasteiger partial charge in [0.2, 0.25) is 0 Å². The van der Waals surface area contributed by atoms with Crippen LogP contribution >= 0.6 is 11.8 Å². The van der Waals surface area contributed by atoms with Gasteiger partial charge in [0.15, 0.2) is 0 Å². The third-order valence-electron chi connectivity index (χ3n) is 7.29. The van der Waals surface area contributed by atoms with Crippen LogP contribution in [0.2, 0.25) is 0 Å². The van der Waals surface area contributed by atoms with Crippen LogP contribution in [0.4, 0.5) is 0 Å². The van der Waals surface area contributed by atoms with Crippen molar-refractivity contribution in [2.75, 3.05) is 0 Å². The SMILES string of the molecule is Cc1ccc(C)c(CN2C(=O)/C(=C/c3ccc(C(=O)NCc4ccccn4)cc3)SC3CCCCC32)c1. The van der Waals surface area contributed by atoms with E-state index in [1.807, 2.05) is 48.5 Å². The number of amides is 2. The number of pyridine rings is 1. The molecule has 2 aromatic carbocycles. The van der Waals surface area contributed by atoms with Gasteiger partial charge in [-0.15, -0.1) is 11.8 Å². The molecule has 1 saturated carbocycles. The molecule has 1 aliphatic heterocycles. The van der Waals surface area contributed by atoms with Crippen molar-refractivity contribution < 1.29 is 9.59 Å². The minimum atomic E-state index is -0.141. The van der Waals surface area contributed by atoms with E-state index in [9.17, 15) is 9.59 Å². The third-order valence-corrected chi connectivity index (χ3v) is 8.69. The van der Waals surface area contributed by atoms with Crippen molar-refractivity contribution in [2.45, 2.75) is 63.9 Å². The van der Waals surface area contributed by atoms with Crippen molar-refractivity contribution in [3.05, 3.63) is 105 Å². The number of carbonyl (C=O) groups excluding carboxylic acids is 2. The van der Waals surface area contributed by atoms with Crippen LogP contribution in [-0.4, -0.2) is 33.0 Å². The second-order valence-corrected chi connectivity index (χ2v) is 11.3. The summed E-state index contributed by atoms with van der Waals surface area (Å²) in [6, 6.07) is 19.9. The Morgan fingerprint density at radius 1 is 1.08 bits per heavy atom. The van der Waals surface area contributed by atoms with Gasteiger partial charge in [0, 0.05) is 29.6 Å². The normalized spacial score (nSPS) is 20.5. The first-order chi connectivity index (χ1) is 18.0. The van der Waals surface area contributed by atoms with E-state index in [1.165, 1.54) is 29.5 Å². The Kier molecular flexibility index (Phi) is 7.75. The van der Waals surface area contributed by atoms with Gasteiger partial charge in [-0.3, -0.25) is 14.6 Å². The van der Waals surface area contributed by atoms with Crippen LogP contribution in [0.5, 0.6) is 0 Å². The fourth-order valence-corrected chi connectivity index (χ4v) is 6.65. The highest BCUT2D eigenvalue weighted by atomic mass is 32.2. The van der Waals surface area contributed by atoms with Gasteiger partial charge < -0.3 is 10.2 Å². The molecule has 1 aliphatic carbocycles. The molecule has 2 atom stereocenters. The van der Waals surface area contributed by atoms with Gasteiger partial charge in [-0.1, -0.05) is 54.8 Å². The molecular weight excluding hydrogens is 478 g/mol. The van der Waals surface area contributed by atoms with Crippen molar-refractivity contribution in [2.24, 2.45) is 0 Å². The van der Waals surface area contributed by atoms with Crippen molar-refractivity contribution in [3.8, 4) is 0 Å². The van der Waals surface area contributed by atoms with Crippen molar-refractivity contribution in [3.63, 3.8) is 0 Å². The van der Waals surface area contributed by atoms with Gasteiger partial charge in [-0.05, 0) is 73.7 Å². The zero-order valence-corrected chi connectivity index (χ0v) is 22.3. The monoisotopic (exact) mass is 511 g/mol. The highest BCUT2D eigenvalue weighted by molar-refractivity contribution is 8.04. The second kappa shape index (κ2) is 11.3. The molecule has 1 N–H and O–H groups in total. The summed E-state index contributed by atoms with van der Waals surface area (Å²) in [5, 5.41) is 3.34. The molecule has 5 nitrogen and oxygen atoms in total. The van der Waals surface area contributed by atoms with E-state index in [0.29, 0.717) is 23.9 Å². The molecule has 5 rings (SSSR count). The quantitative estimate of drug-likeness (QED) is 0.409. The van der Waals surface area contributed by atoms with E-state index in [-0.39, 0.29) is 17.9 Å². The van der Waals surface area contributed by atoms with Gasteiger partial charge in [-0.25, -0.2) is 0 Å². The molecule has 2 amide bonds. The number of hydrogen-bond donors (Lipinski definition) is 1. The molecule has 6 heteroatoms. The Bertz CT molecular complexity index is 1300. The maximum absolute atomic E-state index is 13.7. The molecule has 37 heavy (non-hydrogen) atoms. The molecule has 3 aromatic rings. The van der Waals surface area contributed by atoms with Crippen LogP contribution in [0.25, 0.3) is 6.08 Å². The van der Waals surface area contributed by atoms with Gasteiger partial charge in [-0.2, -0.15) is 0 Å². The van der Waals surface area contributed by atoms with Crippen LogP contribution in [-0.2, 0) is 17.9 Å². The molecule has 1 saturated heterocycles. The molecule has 0 radical (unpaired) electrons. The van der Waals surface area contributed by atoms with E-state index in [4.69, 9.17) is 0 Å². The fourth-order valence-electron chi connectivity index (χ4n) is 5.17. The molecule has 2 aliphatic rings. The van der Waals surface area contributed by atoms with Gasteiger partial charge >= 0.3 is 0 Å². The summed E-state index contributed by atoms with van der Waals surface area (Å²) in [5.41, 5.74) is 6.01. The molecule has 0 bridgehead atoms. The number of hydrogen-bond acceptors (Lipinski definition) is 4. The predicted octanol–water partition coefficient (Wildman–Crippen LogP) is 6.06. The lowest BCUT2D eigenvalue weighted by Gasteiger charge is -2.44. The number of aryl methyl sites for hydroxylation is 2. The maximum atomic E-state index is 13.7. The number of rotatable bonds is 6. The number of carbonyl (C=O) groups is 2. The molecule has 2 heterocycles. The summed E-state index contributed by atoms with van der Waals surface area (Å²) in [7, 11) is 0. The van der Waals surface area contributed by atoms with Crippen molar-refractivity contribution >= 4 is 29.7 Å². The molecule has 1 aromatic heterocycles. The lowest BCUT2D eigenvalue weighted by molar-refractivity contribution is -0.130. The lowest BCUT2D eigenvalue weighted by atomic mass is 9.92. The van der Waals surface area contributed by atoms with Crippen LogP contribution in [0.15, 0.2) is 71.8 Å². The molecule has 2 fully saturated rings. The van der Waals surface area contributed by atoms with Crippen LogP contribution in [0, 0.1) is 13.8 Å². The topological polar surface area (TPSA) is 62.3 Å². The summed E-state index contributed by atoms with van der Waals surface area (Å²) in [5.74, 6) is -0.0241. The van der Waals surface area contributed by atoms with E-state index in [1.54, 1.807) is 18.0 Å². The number of nitrogens with zero attached hydrogens (tertiary/aromatic N) is 2. The summed E-state index contributed by atoms with van der Waals surface area (Å²) in [6.45, 7) is 5.27. The van der Waals surface area contributed by atoms with E-state index in [2.05, 4.69) is 47.2 Å². The smallest absolute Gasteiger partial charge is 0.260 e. The zero-order valence-electron chi connectivity index (χ0n) is 21.4. The predicted molar refractivity (Wildman–Crippen MR) is 150 cm³/mol. The van der Waals surface area contributed by atoms with Crippen molar-refractivity contribution in [1.29, 1.82) is 0 Å². The van der Waals surface area contributed by atoms with Gasteiger partial charge in [0.1, 0.15) is 0 Å². The standard InChI is InChI=1S/C31H33N3O2S/c1-21-10-11-22(2)25(17-21)20-34-27-8-3-4-9-28(27)37-29(31(34)36)18-23-12-14-24(15-13-23)30(35)33-19-26-7-5-6-16-32-26/h5-7,10-18,27-28H,3-4,8-9,19-20H2,1-2H3,(H,33,35)/b29-18-. The summed E-state index contributed by atoms with van der Waals surface area (Å²) >= 11 is 1.74. The van der Waals surface area contributed by atoms with Crippen LogP contribution in [0.3, 0.4) is 0 Å². The Morgan fingerprint density at radius 3 is 2.68 bits per heavy atom. The third kappa shape index (κ3) is 5.96. The largest absolute Gasteiger partial charge is 0.346 e. The van der Waals surface area contributed by atoms with Crippen molar-refractivity contribution in [1.82, 2.24) is 15.2 Å². The Morgan fingerprint density at radius 2 is 1.89 bits per heavy atom. The first-order valence-corrected chi connectivity index (χ1v) is 13.9. The number of aromatic nitrogens is 1. The molecular formula is C31H33N3O2S. The molecule has 2 unspecified atom stereocenters. The van der Waals surface area contributed by atoms with Gasteiger partial charge in [0.25, 0.3) is 11.8 Å². The zero-order chi connectivity index (χ0) is 25.8. The summed E-state index contributed by atoms with van der Waals surface area (Å²) in [4.78, 5) is 33.5. The maximum Gasteiger partial charge on any atom is 0.260 e. The van der Waals surface area contributed by atoms with Crippen LogP contribution < -0.4 is 5.32 Å². The van der Waals surface area contributed by atoms with E-state index < -0.39 is 0 Å². The first kappa shape index (κ1) is 25.3. The Labute approximate surface area is 223 Å². The number of benzene rings is 2. The lowest BCUT2D eigenvalue weighted by Crippen LogP contribution is -2.50. The minimum Gasteiger partial charge on any atom is -0.346 e.